The molecule has 0 aromatic heterocycles. The molecule has 1 aliphatic rings. The predicted molar refractivity (Wildman–Crippen MR) is 99.8 cm³/mol. The smallest absolute Gasteiger partial charge is 0.335 e. The first-order valence-corrected chi connectivity index (χ1v) is 8.52. The Bertz CT molecular complexity index is 963. The number of benzene rings is 2. The number of hydrogen-bond acceptors (Lipinski definition) is 5. The number of para-hydroxylation sites is 1. The van der Waals surface area contributed by atoms with Crippen molar-refractivity contribution in [3.63, 3.8) is 0 Å². The molecule has 1 N–H and O–H groups in total. The molecule has 7 nitrogen and oxygen atoms in total. The minimum atomic E-state index is -1.40. The summed E-state index contributed by atoms with van der Waals surface area (Å²) < 4.78 is 19.9. The van der Waals surface area contributed by atoms with Crippen molar-refractivity contribution in [1.82, 2.24) is 5.32 Å². The molecular formula is C18H13BrFN3O4. The van der Waals surface area contributed by atoms with Gasteiger partial charge in [-0.1, -0.05) is 28.1 Å². The molecule has 1 saturated heterocycles. The quantitative estimate of drug-likeness (QED) is 0.592. The summed E-state index contributed by atoms with van der Waals surface area (Å²) in [6, 6.07) is 9.32. The highest BCUT2D eigenvalue weighted by molar-refractivity contribution is 9.10. The lowest BCUT2D eigenvalue weighted by Crippen LogP contribution is -2.58. The summed E-state index contributed by atoms with van der Waals surface area (Å²) in [5, 5.41) is 2.04. The maximum absolute atomic E-state index is 14.0. The monoisotopic (exact) mass is 433 g/mol. The number of nitrogens with one attached hydrogen (secondary N) is 1. The van der Waals surface area contributed by atoms with E-state index in [0.29, 0.717) is 16.3 Å². The topological polar surface area (TPSA) is 88.1 Å². The van der Waals surface area contributed by atoms with Crippen molar-refractivity contribution in [3.05, 3.63) is 52.8 Å². The highest BCUT2D eigenvalue weighted by Gasteiger charge is 2.41. The largest absolute Gasteiger partial charge is 0.494 e. The molecule has 0 unspecified atom stereocenters. The summed E-state index contributed by atoms with van der Waals surface area (Å²) >= 11 is 3.30. The normalized spacial score (nSPS) is 17.4. The SMILES string of the molecule is COc1ccc(Br)cc1N=C[C@@H]1C(=O)NC(=O)N(c2ccccc2F)C1=O. The van der Waals surface area contributed by atoms with Gasteiger partial charge in [0.15, 0.2) is 5.92 Å². The maximum Gasteiger partial charge on any atom is 0.335 e. The number of urea groups is 1. The highest BCUT2D eigenvalue weighted by atomic mass is 79.9. The molecule has 1 aliphatic heterocycles. The molecule has 1 atom stereocenters. The molecule has 4 amide bonds. The van der Waals surface area contributed by atoms with E-state index >= 15 is 0 Å². The fourth-order valence-corrected chi connectivity index (χ4v) is 2.85. The second-order valence-electron chi connectivity index (χ2n) is 5.49. The van der Waals surface area contributed by atoms with Crippen molar-refractivity contribution in [2.24, 2.45) is 10.9 Å². The van der Waals surface area contributed by atoms with Crippen LogP contribution in [0.15, 0.2) is 51.9 Å². The Morgan fingerprint density at radius 3 is 2.67 bits per heavy atom. The number of anilines is 1. The van der Waals surface area contributed by atoms with Gasteiger partial charge in [-0.2, -0.15) is 0 Å². The zero-order chi connectivity index (χ0) is 19.6. The van der Waals surface area contributed by atoms with E-state index in [4.69, 9.17) is 4.74 Å². The van der Waals surface area contributed by atoms with E-state index in [1.165, 1.54) is 25.3 Å². The van der Waals surface area contributed by atoms with Crippen LogP contribution < -0.4 is 15.0 Å². The van der Waals surface area contributed by atoms with Gasteiger partial charge in [0.25, 0.3) is 5.91 Å². The number of hydrogen-bond donors (Lipinski definition) is 1. The number of barbiturate groups is 1. The van der Waals surface area contributed by atoms with Crippen LogP contribution in [0.2, 0.25) is 0 Å². The van der Waals surface area contributed by atoms with E-state index in [-0.39, 0.29) is 5.69 Å². The van der Waals surface area contributed by atoms with E-state index in [9.17, 15) is 18.8 Å². The Morgan fingerprint density at radius 1 is 1.22 bits per heavy atom. The van der Waals surface area contributed by atoms with Gasteiger partial charge in [0.1, 0.15) is 17.3 Å². The molecule has 1 fully saturated rings. The molecule has 1 heterocycles. The van der Waals surface area contributed by atoms with Gasteiger partial charge in [0.05, 0.1) is 12.8 Å². The Hall–Kier alpha value is -3.07. The molecule has 3 rings (SSSR count). The third-order valence-corrected chi connectivity index (χ3v) is 4.29. The molecule has 0 bridgehead atoms. The summed E-state index contributed by atoms with van der Waals surface area (Å²) in [5.41, 5.74) is 0.132. The van der Waals surface area contributed by atoms with Gasteiger partial charge in [-0.3, -0.25) is 19.9 Å². The molecule has 0 saturated carbocycles. The van der Waals surface area contributed by atoms with Crippen molar-refractivity contribution in [2.75, 3.05) is 12.0 Å². The molecular weight excluding hydrogens is 421 g/mol. The van der Waals surface area contributed by atoms with Gasteiger partial charge in [0.2, 0.25) is 5.91 Å². The third kappa shape index (κ3) is 3.72. The minimum Gasteiger partial charge on any atom is -0.494 e. The lowest BCUT2D eigenvalue weighted by atomic mass is 10.1. The van der Waals surface area contributed by atoms with Crippen LogP contribution in [-0.2, 0) is 9.59 Å². The fraction of sp³-hybridized carbons (Fsp3) is 0.111. The molecule has 0 aliphatic carbocycles. The van der Waals surface area contributed by atoms with Gasteiger partial charge in [0, 0.05) is 10.7 Å². The van der Waals surface area contributed by atoms with Gasteiger partial charge >= 0.3 is 6.03 Å². The van der Waals surface area contributed by atoms with E-state index in [1.807, 2.05) is 5.32 Å². The zero-order valence-corrected chi connectivity index (χ0v) is 15.6. The molecule has 0 spiro atoms. The van der Waals surface area contributed by atoms with Gasteiger partial charge < -0.3 is 4.74 Å². The van der Waals surface area contributed by atoms with E-state index in [1.54, 1.807) is 18.2 Å². The van der Waals surface area contributed by atoms with Gasteiger partial charge in [-0.25, -0.2) is 14.1 Å². The number of imide groups is 2. The van der Waals surface area contributed by atoms with Crippen molar-refractivity contribution in [3.8, 4) is 5.75 Å². The standard InChI is InChI=1S/C18H13BrFN3O4/c1-27-15-7-6-10(19)8-13(15)21-9-11-16(24)22-18(26)23(17(11)25)14-5-3-2-4-12(14)20/h2-9,11H,1H3,(H,22,24,26)/t11-/m1/s1. The molecule has 2 aromatic rings. The number of methoxy groups -OCH3 is 1. The predicted octanol–water partition coefficient (Wildman–Crippen LogP) is 3.20. The molecule has 138 valence electrons. The minimum absolute atomic E-state index is 0.245. The summed E-state index contributed by atoms with van der Waals surface area (Å²) in [6.07, 6.45) is 1.10. The lowest BCUT2D eigenvalue weighted by molar-refractivity contribution is -0.131. The second-order valence-corrected chi connectivity index (χ2v) is 6.41. The van der Waals surface area contributed by atoms with Crippen LogP contribution in [0.3, 0.4) is 0 Å². The number of rotatable bonds is 4. The number of halogens is 2. The summed E-state index contributed by atoms with van der Waals surface area (Å²) in [5.74, 6) is -3.47. The first-order chi connectivity index (χ1) is 12.9. The second kappa shape index (κ2) is 7.67. The Labute approximate surface area is 162 Å². The van der Waals surface area contributed by atoms with E-state index < -0.39 is 29.6 Å². The van der Waals surface area contributed by atoms with Crippen LogP contribution >= 0.6 is 15.9 Å². The Kier molecular flexibility index (Phi) is 5.31. The summed E-state index contributed by atoms with van der Waals surface area (Å²) in [7, 11) is 1.46. The van der Waals surface area contributed by atoms with Crippen LogP contribution in [0.5, 0.6) is 5.75 Å². The number of carbonyl (C=O) groups excluding carboxylic acids is 3. The van der Waals surface area contributed by atoms with Gasteiger partial charge in [-0.15, -0.1) is 0 Å². The molecule has 27 heavy (non-hydrogen) atoms. The fourth-order valence-electron chi connectivity index (χ4n) is 2.50. The average molecular weight is 434 g/mol. The van der Waals surface area contributed by atoms with Crippen molar-refractivity contribution in [1.29, 1.82) is 0 Å². The first kappa shape index (κ1) is 18.7. The number of ether oxygens (including phenoxy) is 1. The van der Waals surface area contributed by atoms with Crippen LogP contribution in [0.1, 0.15) is 0 Å². The molecule has 0 radical (unpaired) electrons. The number of nitrogens with zero attached hydrogens (tertiary/aromatic N) is 2. The lowest BCUT2D eigenvalue weighted by Gasteiger charge is -2.28. The van der Waals surface area contributed by atoms with Crippen LogP contribution in [0.4, 0.5) is 20.6 Å². The van der Waals surface area contributed by atoms with Crippen LogP contribution in [-0.4, -0.2) is 31.2 Å². The number of carbonyl (C=O) groups is 3. The van der Waals surface area contributed by atoms with Crippen LogP contribution in [0.25, 0.3) is 0 Å². The summed E-state index contributed by atoms with van der Waals surface area (Å²) in [4.78, 5) is 41.6. The Balaban J connectivity index is 1.95. The number of aliphatic imine (C=N–C) groups is 1. The first-order valence-electron chi connectivity index (χ1n) is 7.73. The van der Waals surface area contributed by atoms with Crippen molar-refractivity contribution in [2.45, 2.75) is 0 Å². The molecule has 9 heteroatoms. The zero-order valence-electron chi connectivity index (χ0n) is 14.0. The van der Waals surface area contributed by atoms with E-state index in [2.05, 4.69) is 20.9 Å². The number of amides is 4. The maximum atomic E-state index is 14.0. The third-order valence-electron chi connectivity index (χ3n) is 3.80. The summed E-state index contributed by atoms with van der Waals surface area (Å²) in [6.45, 7) is 0. The van der Waals surface area contributed by atoms with Crippen molar-refractivity contribution < 1.29 is 23.5 Å². The Morgan fingerprint density at radius 2 is 1.96 bits per heavy atom. The average Bonchev–Trinajstić information content (AvgIpc) is 2.63. The van der Waals surface area contributed by atoms with Crippen molar-refractivity contribution >= 4 is 51.4 Å². The van der Waals surface area contributed by atoms with Gasteiger partial charge in [-0.05, 0) is 30.3 Å². The molecule has 2 aromatic carbocycles. The van der Waals surface area contributed by atoms with Crippen LogP contribution in [0, 0.1) is 11.7 Å². The van der Waals surface area contributed by atoms with E-state index in [0.717, 1.165) is 16.8 Å². The highest BCUT2D eigenvalue weighted by Crippen LogP contribution is 2.31.